The Labute approximate surface area is 165 Å². The highest BCUT2D eigenvalue weighted by atomic mass is 16.6. The van der Waals surface area contributed by atoms with Crippen molar-refractivity contribution in [2.75, 3.05) is 14.2 Å². The van der Waals surface area contributed by atoms with Crippen LogP contribution in [0.25, 0.3) is 22.1 Å². The van der Waals surface area contributed by atoms with Gasteiger partial charge in [-0.2, -0.15) is 0 Å². The van der Waals surface area contributed by atoms with Crippen LogP contribution in [0.1, 0.15) is 13.8 Å². The fourth-order valence-corrected chi connectivity index (χ4v) is 2.82. The largest absolute Gasteiger partial charge is 0.493 e. The molecule has 8 heteroatoms. The maximum absolute atomic E-state index is 12.7. The Morgan fingerprint density at radius 1 is 0.828 bits per heavy atom. The van der Waals surface area contributed by atoms with Gasteiger partial charge in [0.1, 0.15) is 0 Å². The lowest BCUT2D eigenvalue weighted by molar-refractivity contribution is -0.134. The van der Waals surface area contributed by atoms with Crippen molar-refractivity contribution in [3.05, 3.63) is 46.8 Å². The highest BCUT2D eigenvalue weighted by Gasteiger charge is 2.19. The molecule has 0 aliphatic heterocycles. The minimum absolute atomic E-state index is 0.00632. The van der Waals surface area contributed by atoms with E-state index in [9.17, 15) is 14.4 Å². The van der Waals surface area contributed by atoms with Crippen molar-refractivity contribution in [3.8, 4) is 34.1 Å². The zero-order valence-corrected chi connectivity index (χ0v) is 16.2. The normalized spacial score (nSPS) is 10.5. The molecule has 150 valence electrons. The summed E-state index contributed by atoms with van der Waals surface area (Å²) in [7, 11) is 3.01. The van der Waals surface area contributed by atoms with Crippen molar-refractivity contribution in [2.24, 2.45) is 0 Å². The first kappa shape index (κ1) is 19.9. The molecule has 8 nitrogen and oxygen atoms in total. The topological polar surface area (TPSA) is 101 Å². The predicted molar refractivity (Wildman–Crippen MR) is 104 cm³/mol. The molecule has 0 saturated carbocycles. The number of hydrogen-bond donors (Lipinski definition) is 0. The monoisotopic (exact) mass is 398 g/mol. The van der Waals surface area contributed by atoms with Gasteiger partial charge in [0.25, 0.3) is 0 Å². The maximum atomic E-state index is 12.7. The van der Waals surface area contributed by atoms with Gasteiger partial charge in [0.05, 0.1) is 19.8 Å². The third-order valence-corrected chi connectivity index (χ3v) is 4.02. The molecular formula is C21H18O8. The molecule has 0 saturated heterocycles. The molecule has 1 aromatic heterocycles. The SMILES string of the molecule is COc1ccc(-c2cc3ccc(OC(C)=O)c(OC(C)=O)c3oc2=O)cc1OC. The van der Waals surface area contributed by atoms with Crippen LogP contribution >= 0.6 is 0 Å². The molecule has 0 aliphatic rings. The molecule has 29 heavy (non-hydrogen) atoms. The van der Waals surface area contributed by atoms with E-state index in [0.29, 0.717) is 22.4 Å². The predicted octanol–water partition coefficient (Wildman–Crippen LogP) is 3.33. The van der Waals surface area contributed by atoms with Gasteiger partial charge in [0.15, 0.2) is 22.8 Å². The van der Waals surface area contributed by atoms with E-state index >= 15 is 0 Å². The van der Waals surface area contributed by atoms with Gasteiger partial charge in [-0.15, -0.1) is 0 Å². The minimum Gasteiger partial charge on any atom is -0.493 e. The van der Waals surface area contributed by atoms with Crippen LogP contribution < -0.4 is 24.6 Å². The molecule has 0 spiro atoms. The van der Waals surface area contributed by atoms with Gasteiger partial charge in [-0.3, -0.25) is 9.59 Å². The molecular weight excluding hydrogens is 380 g/mol. The van der Waals surface area contributed by atoms with E-state index in [4.69, 9.17) is 23.4 Å². The lowest BCUT2D eigenvalue weighted by Gasteiger charge is -2.12. The molecule has 0 fully saturated rings. The second-order valence-corrected chi connectivity index (χ2v) is 6.02. The average molecular weight is 398 g/mol. The molecule has 0 atom stereocenters. The fourth-order valence-electron chi connectivity index (χ4n) is 2.82. The lowest BCUT2D eigenvalue weighted by atomic mass is 10.0. The third-order valence-electron chi connectivity index (χ3n) is 4.02. The second-order valence-electron chi connectivity index (χ2n) is 6.02. The van der Waals surface area contributed by atoms with E-state index in [2.05, 4.69) is 0 Å². The third kappa shape index (κ3) is 4.06. The van der Waals surface area contributed by atoms with Crippen molar-refractivity contribution in [3.63, 3.8) is 0 Å². The Bertz CT molecular complexity index is 1160. The zero-order chi connectivity index (χ0) is 21.1. The number of methoxy groups -OCH3 is 2. The van der Waals surface area contributed by atoms with Crippen LogP contribution in [0.15, 0.2) is 45.6 Å². The van der Waals surface area contributed by atoms with Gasteiger partial charge < -0.3 is 23.4 Å². The molecule has 0 unspecified atom stereocenters. The molecule has 0 bridgehead atoms. The molecule has 0 aliphatic carbocycles. The summed E-state index contributed by atoms with van der Waals surface area (Å²) < 4.78 is 26.1. The van der Waals surface area contributed by atoms with E-state index in [0.717, 1.165) is 0 Å². The summed E-state index contributed by atoms with van der Waals surface area (Å²) in [6, 6.07) is 9.66. The number of esters is 2. The number of carbonyl (C=O) groups excluding carboxylic acids is 2. The van der Waals surface area contributed by atoms with E-state index in [-0.39, 0.29) is 22.6 Å². The van der Waals surface area contributed by atoms with Crippen LogP contribution in [-0.4, -0.2) is 26.2 Å². The highest BCUT2D eigenvalue weighted by molar-refractivity contribution is 5.91. The number of fused-ring (bicyclic) bond motifs is 1. The van der Waals surface area contributed by atoms with Crippen LogP contribution in [-0.2, 0) is 9.59 Å². The van der Waals surface area contributed by atoms with Crippen LogP contribution in [0.5, 0.6) is 23.0 Å². The van der Waals surface area contributed by atoms with E-state index in [1.54, 1.807) is 30.3 Å². The summed E-state index contributed by atoms with van der Waals surface area (Å²) in [6.45, 7) is 2.39. The molecule has 3 aromatic rings. The summed E-state index contributed by atoms with van der Waals surface area (Å²) >= 11 is 0. The molecule has 0 radical (unpaired) electrons. The Morgan fingerprint density at radius 3 is 2.10 bits per heavy atom. The minimum atomic E-state index is -0.668. The summed E-state index contributed by atoms with van der Waals surface area (Å²) in [6.07, 6.45) is 0. The number of hydrogen-bond acceptors (Lipinski definition) is 8. The van der Waals surface area contributed by atoms with Crippen molar-refractivity contribution < 1.29 is 33.0 Å². The summed E-state index contributed by atoms with van der Waals surface area (Å²) in [4.78, 5) is 35.5. The summed E-state index contributed by atoms with van der Waals surface area (Å²) in [5.41, 5.74) is 0.148. The van der Waals surface area contributed by atoms with E-state index in [1.165, 1.54) is 34.1 Å². The van der Waals surface area contributed by atoms with Gasteiger partial charge in [-0.1, -0.05) is 6.07 Å². The number of carbonyl (C=O) groups is 2. The number of rotatable bonds is 5. The van der Waals surface area contributed by atoms with Gasteiger partial charge in [-0.25, -0.2) is 4.79 Å². The van der Waals surface area contributed by atoms with Crippen molar-refractivity contribution >= 4 is 22.9 Å². The van der Waals surface area contributed by atoms with Crippen LogP contribution in [0, 0.1) is 0 Å². The van der Waals surface area contributed by atoms with Crippen LogP contribution in [0.4, 0.5) is 0 Å². The zero-order valence-electron chi connectivity index (χ0n) is 16.2. The molecule has 2 aromatic carbocycles. The molecule has 0 amide bonds. The summed E-state index contributed by atoms with van der Waals surface area (Å²) in [5, 5.41) is 0.474. The molecule has 3 rings (SSSR count). The molecule has 1 heterocycles. The first-order valence-electron chi connectivity index (χ1n) is 8.54. The van der Waals surface area contributed by atoms with E-state index < -0.39 is 17.6 Å². The van der Waals surface area contributed by atoms with Gasteiger partial charge in [-0.05, 0) is 35.9 Å². The van der Waals surface area contributed by atoms with Gasteiger partial charge in [0, 0.05) is 19.2 Å². The summed E-state index contributed by atoms with van der Waals surface area (Å²) in [5.74, 6) is -0.456. The Balaban J connectivity index is 2.21. The Kier molecular flexibility index (Phi) is 5.54. The molecule has 0 N–H and O–H groups in total. The van der Waals surface area contributed by atoms with Gasteiger partial charge in [0.2, 0.25) is 5.75 Å². The smallest absolute Gasteiger partial charge is 0.344 e. The van der Waals surface area contributed by atoms with Crippen molar-refractivity contribution in [1.82, 2.24) is 0 Å². The quantitative estimate of drug-likeness (QED) is 0.366. The Hall–Kier alpha value is -3.81. The standard InChI is InChI=1S/C21H18O8/c1-11(22)27-17-8-6-14-9-15(13-5-7-16(25-3)18(10-13)26-4)21(24)29-19(14)20(17)28-12(2)23/h5-10H,1-4H3. The average Bonchev–Trinajstić information content (AvgIpc) is 2.68. The van der Waals surface area contributed by atoms with Crippen molar-refractivity contribution in [1.29, 1.82) is 0 Å². The lowest BCUT2D eigenvalue weighted by Crippen LogP contribution is -2.09. The number of ether oxygens (including phenoxy) is 4. The van der Waals surface area contributed by atoms with Gasteiger partial charge >= 0.3 is 17.6 Å². The van der Waals surface area contributed by atoms with Crippen molar-refractivity contribution in [2.45, 2.75) is 13.8 Å². The fraction of sp³-hybridized carbons (Fsp3) is 0.190. The Morgan fingerprint density at radius 2 is 1.48 bits per heavy atom. The van der Waals surface area contributed by atoms with Crippen LogP contribution in [0.3, 0.4) is 0 Å². The first-order chi connectivity index (χ1) is 13.8. The first-order valence-corrected chi connectivity index (χ1v) is 8.54. The number of benzene rings is 2. The highest BCUT2D eigenvalue weighted by Crippen LogP contribution is 2.37. The second kappa shape index (κ2) is 8.05. The van der Waals surface area contributed by atoms with E-state index in [1.807, 2.05) is 0 Å². The van der Waals surface area contributed by atoms with Crippen LogP contribution in [0.2, 0.25) is 0 Å². The maximum Gasteiger partial charge on any atom is 0.344 e.